The molecule has 0 bridgehead atoms. The van der Waals surface area contributed by atoms with Crippen LogP contribution in [0.4, 0.5) is 0 Å². The molecule has 0 radical (unpaired) electrons. The molecule has 0 amide bonds. The number of carboxylic acids is 1. The Balaban J connectivity index is 4.63. The molecule has 0 spiro atoms. The highest BCUT2D eigenvalue weighted by molar-refractivity contribution is 5.72. The Morgan fingerprint density at radius 2 is 1.43 bits per heavy atom. The maximum absolute atomic E-state index is 12.4. The van der Waals surface area contributed by atoms with Crippen molar-refractivity contribution in [3.8, 4) is 0 Å². The lowest BCUT2D eigenvalue weighted by molar-refractivity contribution is -0.887. The van der Waals surface area contributed by atoms with Gasteiger partial charge in [0.1, 0.15) is 6.61 Å². The molecule has 0 aromatic heterocycles. The molecule has 0 saturated carbocycles. The van der Waals surface area contributed by atoms with Crippen LogP contribution in [0.5, 0.6) is 0 Å². The molecule has 0 aliphatic heterocycles. The number of hydrogen-bond donors (Lipinski definition) is 1. The summed E-state index contributed by atoms with van der Waals surface area (Å²) in [5.74, 6) is -1.60. The van der Waals surface area contributed by atoms with E-state index in [1.165, 1.54) is 12.8 Å². The first-order valence-electron chi connectivity index (χ1n) is 15.0. The van der Waals surface area contributed by atoms with Gasteiger partial charge in [0.2, 0.25) is 0 Å². The summed E-state index contributed by atoms with van der Waals surface area (Å²) in [5, 5.41) is 9.50. The lowest BCUT2D eigenvalue weighted by atomic mass is 10.1. The summed E-state index contributed by atoms with van der Waals surface area (Å²) >= 11 is 0. The van der Waals surface area contributed by atoms with Crippen LogP contribution >= 0.6 is 0 Å². The highest BCUT2D eigenvalue weighted by atomic mass is 16.6. The third kappa shape index (κ3) is 22.4. The van der Waals surface area contributed by atoms with Crippen LogP contribution in [0.2, 0.25) is 0 Å². The molecule has 8 heteroatoms. The van der Waals surface area contributed by atoms with Crippen molar-refractivity contribution >= 4 is 17.9 Å². The van der Waals surface area contributed by atoms with Gasteiger partial charge in [0.25, 0.3) is 0 Å². The van der Waals surface area contributed by atoms with E-state index in [9.17, 15) is 19.5 Å². The number of carbonyl (C=O) groups is 3. The molecule has 2 unspecified atom stereocenters. The number of esters is 2. The van der Waals surface area contributed by atoms with Crippen molar-refractivity contribution in [3.63, 3.8) is 0 Å². The third-order valence-corrected chi connectivity index (χ3v) is 6.29. The highest BCUT2D eigenvalue weighted by Crippen LogP contribution is 2.10. The van der Waals surface area contributed by atoms with Gasteiger partial charge in [-0.15, -0.1) is 0 Å². The Hall–Kier alpha value is -2.45. The third-order valence-electron chi connectivity index (χ3n) is 6.29. The average molecular weight is 567 g/mol. The van der Waals surface area contributed by atoms with E-state index < -0.39 is 18.1 Å². The van der Waals surface area contributed by atoms with E-state index in [4.69, 9.17) is 14.2 Å². The van der Waals surface area contributed by atoms with E-state index in [0.717, 1.165) is 44.9 Å². The van der Waals surface area contributed by atoms with Crippen LogP contribution in [-0.4, -0.2) is 80.6 Å². The number of aliphatic carboxylic acids is 1. The van der Waals surface area contributed by atoms with Gasteiger partial charge in [-0.25, -0.2) is 4.79 Å². The summed E-state index contributed by atoms with van der Waals surface area (Å²) in [5.41, 5.74) is 0. The Labute approximate surface area is 243 Å². The molecule has 0 aliphatic rings. The second-order valence-electron chi connectivity index (χ2n) is 11.0. The molecule has 0 aliphatic carbocycles. The Morgan fingerprint density at radius 3 is 2.08 bits per heavy atom. The van der Waals surface area contributed by atoms with Gasteiger partial charge < -0.3 is 23.8 Å². The van der Waals surface area contributed by atoms with Gasteiger partial charge in [-0.05, 0) is 51.4 Å². The van der Waals surface area contributed by atoms with Gasteiger partial charge in [0.15, 0.2) is 12.1 Å². The Morgan fingerprint density at radius 1 is 0.775 bits per heavy atom. The van der Waals surface area contributed by atoms with Gasteiger partial charge in [0.05, 0.1) is 34.4 Å². The van der Waals surface area contributed by atoms with Gasteiger partial charge >= 0.3 is 17.9 Å². The van der Waals surface area contributed by atoms with Crippen LogP contribution in [0, 0.1) is 0 Å². The number of hydrogen-bond acceptors (Lipinski definition) is 6. The number of quaternary nitrogens is 1. The molecule has 0 aromatic rings. The van der Waals surface area contributed by atoms with Crippen molar-refractivity contribution in [1.29, 1.82) is 0 Å². The molecule has 1 N–H and O–H groups in total. The molecular formula is C32H56NO7+. The smallest absolute Gasteiger partial charge is 0.362 e. The first-order chi connectivity index (χ1) is 19.1. The van der Waals surface area contributed by atoms with E-state index >= 15 is 0 Å². The minimum atomic E-state index is -0.889. The van der Waals surface area contributed by atoms with E-state index in [1.54, 1.807) is 0 Å². The van der Waals surface area contributed by atoms with Crippen LogP contribution in [0.3, 0.4) is 0 Å². The van der Waals surface area contributed by atoms with E-state index in [0.29, 0.717) is 19.3 Å². The van der Waals surface area contributed by atoms with E-state index in [2.05, 4.69) is 44.2 Å². The van der Waals surface area contributed by atoms with Crippen LogP contribution < -0.4 is 0 Å². The average Bonchev–Trinajstić information content (AvgIpc) is 2.89. The van der Waals surface area contributed by atoms with Gasteiger partial charge in [-0.1, -0.05) is 63.1 Å². The van der Waals surface area contributed by atoms with E-state index in [1.807, 2.05) is 27.2 Å². The zero-order valence-electron chi connectivity index (χ0n) is 25.8. The normalized spacial score (nSPS) is 13.7. The summed E-state index contributed by atoms with van der Waals surface area (Å²) in [6.45, 7) is 4.41. The fourth-order valence-electron chi connectivity index (χ4n) is 3.91. The number of nitrogens with zero attached hydrogens (tertiary/aromatic N) is 1. The number of likely N-dealkylation sites (N-methyl/N-ethyl adjacent to an activating group) is 1. The fourth-order valence-corrected chi connectivity index (χ4v) is 3.91. The molecule has 0 aromatic carbocycles. The molecule has 40 heavy (non-hydrogen) atoms. The SMILES string of the molecule is CC/C=C/C/C=C/CCCCC(=O)OCC(COCCC(C(=O)O)[N+](C)(C)C)OC(=O)CC/C=C/CCCCC. The van der Waals surface area contributed by atoms with Gasteiger partial charge in [-0.2, -0.15) is 0 Å². The zero-order chi connectivity index (χ0) is 30.1. The second kappa shape index (κ2) is 24.4. The second-order valence-corrected chi connectivity index (χ2v) is 11.0. The van der Waals surface area contributed by atoms with Crippen molar-refractivity contribution in [2.24, 2.45) is 0 Å². The first-order valence-corrected chi connectivity index (χ1v) is 15.0. The number of allylic oxidation sites excluding steroid dienone is 6. The van der Waals surface area contributed by atoms with Gasteiger partial charge in [-0.3, -0.25) is 9.59 Å². The quantitative estimate of drug-likeness (QED) is 0.0591. The number of rotatable bonds is 25. The summed E-state index contributed by atoms with van der Waals surface area (Å²) in [6.07, 6.45) is 22.4. The van der Waals surface area contributed by atoms with Crippen LogP contribution in [-0.2, 0) is 28.6 Å². The minimum Gasteiger partial charge on any atom is -0.477 e. The molecule has 230 valence electrons. The van der Waals surface area contributed by atoms with Crippen molar-refractivity contribution in [1.82, 2.24) is 0 Å². The summed E-state index contributed by atoms with van der Waals surface area (Å²) in [7, 11) is 5.47. The molecule has 0 heterocycles. The fraction of sp³-hybridized carbons (Fsp3) is 0.719. The molecule has 0 saturated heterocycles. The Kier molecular flexibility index (Phi) is 22.9. The number of carbonyl (C=O) groups excluding carboxylic acids is 2. The predicted molar refractivity (Wildman–Crippen MR) is 160 cm³/mol. The number of ether oxygens (including phenoxy) is 3. The zero-order valence-corrected chi connectivity index (χ0v) is 25.8. The molecule has 8 nitrogen and oxygen atoms in total. The lowest BCUT2D eigenvalue weighted by Gasteiger charge is -2.31. The van der Waals surface area contributed by atoms with Crippen molar-refractivity contribution < 1.29 is 38.2 Å². The van der Waals surface area contributed by atoms with Crippen LogP contribution in [0.15, 0.2) is 36.5 Å². The summed E-state index contributed by atoms with van der Waals surface area (Å²) in [4.78, 5) is 36.2. The first kappa shape index (κ1) is 37.6. The monoisotopic (exact) mass is 566 g/mol. The van der Waals surface area contributed by atoms with Crippen LogP contribution in [0.1, 0.15) is 97.3 Å². The topological polar surface area (TPSA) is 99.1 Å². The van der Waals surface area contributed by atoms with Crippen molar-refractivity contribution in [2.45, 2.75) is 109 Å². The Bertz CT molecular complexity index is 768. The maximum Gasteiger partial charge on any atom is 0.362 e. The van der Waals surface area contributed by atoms with Crippen molar-refractivity contribution in [2.75, 3.05) is 41.0 Å². The molecule has 0 fully saturated rings. The molecule has 0 rings (SSSR count). The minimum absolute atomic E-state index is 0.0344. The molecule has 2 atom stereocenters. The number of carboxylic acid groups (broad SMARTS) is 1. The van der Waals surface area contributed by atoms with E-state index in [-0.39, 0.29) is 42.7 Å². The predicted octanol–water partition coefficient (Wildman–Crippen LogP) is 6.40. The lowest BCUT2D eigenvalue weighted by Crippen LogP contribution is -2.50. The number of unbranched alkanes of at least 4 members (excludes halogenated alkanes) is 5. The highest BCUT2D eigenvalue weighted by Gasteiger charge is 2.31. The van der Waals surface area contributed by atoms with Crippen molar-refractivity contribution in [3.05, 3.63) is 36.5 Å². The summed E-state index contributed by atoms with van der Waals surface area (Å²) in [6, 6.07) is -0.620. The maximum atomic E-state index is 12.4. The largest absolute Gasteiger partial charge is 0.477 e. The van der Waals surface area contributed by atoms with Crippen LogP contribution in [0.25, 0.3) is 0 Å². The summed E-state index contributed by atoms with van der Waals surface area (Å²) < 4.78 is 16.9. The van der Waals surface area contributed by atoms with Gasteiger partial charge in [0, 0.05) is 19.3 Å². The molecular weight excluding hydrogens is 510 g/mol. The standard InChI is InChI=1S/C32H55NO7/c1-6-8-10-12-14-15-17-18-20-22-30(34)39-27-28(26-38-25-24-29(32(36)37)33(3,4)5)40-31(35)23-21-19-16-13-11-9-7-2/h8,10,14-16,19,28-29H,6-7,9,11-13,17-18,20-27H2,1-5H3/p+1/b10-8+,15-14+,19-16+.